The molecule has 0 aromatic carbocycles. The van der Waals surface area contributed by atoms with Crippen LogP contribution in [-0.4, -0.2) is 38.5 Å². The Labute approximate surface area is 89.8 Å². The van der Waals surface area contributed by atoms with Crippen LogP contribution >= 0.6 is 0 Å². The zero-order valence-corrected chi connectivity index (χ0v) is 9.07. The van der Waals surface area contributed by atoms with Gasteiger partial charge in [0.15, 0.2) is 6.39 Å². The molecule has 0 aliphatic carbocycles. The van der Waals surface area contributed by atoms with E-state index in [-0.39, 0.29) is 0 Å². The lowest BCUT2D eigenvalue weighted by Crippen LogP contribution is -2.16. The van der Waals surface area contributed by atoms with Gasteiger partial charge < -0.3 is 19.2 Å². The van der Waals surface area contributed by atoms with Gasteiger partial charge in [0.25, 0.3) is 0 Å². The maximum atomic E-state index is 5.31. The minimum absolute atomic E-state index is 0.658. The number of nitrogens with one attached hydrogen (secondary N) is 1. The van der Waals surface area contributed by atoms with Crippen molar-refractivity contribution in [3.8, 4) is 0 Å². The predicted molar refractivity (Wildman–Crippen MR) is 55.5 cm³/mol. The van der Waals surface area contributed by atoms with Gasteiger partial charge in [0, 0.05) is 13.7 Å². The molecule has 1 aromatic rings. The van der Waals surface area contributed by atoms with Crippen LogP contribution in [0.5, 0.6) is 0 Å². The number of hydrogen-bond donors (Lipinski definition) is 1. The lowest BCUT2D eigenvalue weighted by atomic mass is 10.4. The molecule has 86 valence electrons. The first-order valence-electron chi connectivity index (χ1n) is 5.08. The van der Waals surface area contributed by atoms with Gasteiger partial charge in [0.05, 0.1) is 26.0 Å². The normalized spacial score (nSPS) is 10.7. The molecule has 1 N–H and O–H groups in total. The Morgan fingerprint density at radius 1 is 1.40 bits per heavy atom. The summed E-state index contributed by atoms with van der Waals surface area (Å²) in [5.74, 6) is 0.857. The SMILES string of the molecule is COCCOCCCNCc1cnco1. The molecule has 0 atom stereocenters. The smallest absolute Gasteiger partial charge is 0.180 e. The molecule has 1 heterocycles. The number of methoxy groups -OCH3 is 1. The fourth-order valence-electron chi connectivity index (χ4n) is 1.08. The number of nitrogens with zero attached hydrogens (tertiary/aromatic N) is 1. The Morgan fingerprint density at radius 2 is 2.33 bits per heavy atom. The van der Waals surface area contributed by atoms with Crippen LogP contribution in [0.4, 0.5) is 0 Å². The highest BCUT2D eigenvalue weighted by atomic mass is 16.5. The van der Waals surface area contributed by atoms with Gasteiger partial charge in [-0.2, -0.15) is 0 Å². The van der Waals surface area contributed by atoms with Crippen LogP contribution in [0.1, 0.15) is 12.2 Å². The Bertz CT molecular complexity index is 227. The standard InChI is InChI=1S/C10H18N2O3/c1-13-5-6-14-4-2-3-11-7-10-8-12-9-15-10/h8-9,11H,2-7H2,1H3. The second-order valence-electron chi connectivity index (χ2n) is 3.10. The second-order valence-corrected chi connectivity index (χ2v) is 3.10. The zero-order chi connectivity index (χ0) is 10.8. The summed E-state index contributed by atoms with van der Waals surface area (Å²) in [7, 11) is 1.67. The van der Waals surface area contributed by atoms with Crippen LogP contribution in [0, 0.1) is 0 Å². The molecule has 15 heavy (non-hydrogen) atoms. The molecule has 0 aliphatic rings. The van der Waals surface area contributed by atoms with E-state index in [9.17, 15) is 0 Å². The first-order chi connectivity index (χ1) is 7.43. The molecule has 0 spiro atoms. The third kappa shape index (κ3) is 6.22. The third-order valence-electron chi connectivity index (χ3n) is 1.86. The maximum Gasteiger partial charge on any atom is 0.180 e. The summed E-state index contributed by atoms with van der Waals surface area (Å²) < 4.78 is 15.2. The molecule has 0 bridgehead atoms. The molecule has 5 heteroatoms. The summed E-state index contributed by atoms with van der Waals surface area (Å²) in [6.45, 7) is 3.71. The Balaban J connectivity index is 1.81. The molecule has 0 saturated heterocycles. The average molecular weight is 214 g/mol. The van der Waals surface area contributed by atoms with E-state index in [2.05, 4.69) is 10.3 Å². The summed E-state index contributed by atoms with van der Waals surface area (Å²) >= 11 is 0. The van der Waals surface area contributed by atoms with Crippen LogP contribution in [0.2, 0.25) is 0 Å². The monoisotopic (exact) mass is 214 g/mol. The molecule has 1 aromatic heterocycles. The largest absolute Gasteiger partial charge is 0.447 e. The van der Waals surface area contributed by atoms with Gasteiger partial charge in [0.1, 0.15) is 5.76 Å². The van der Waals surface area contributed by atoms with Crippen molar-refractivity contribution in [2.24, 2.45) is 0 Å². The van der Waals surface area contributed by atoms with Crippen LogP contribution in [0.15, 0.2) is 17.0 Å². The van der Waals surface area contributed by atoms with Crippen molar-refractivity contribution in [1.29, 1.82) is 0 Å². The van der Waals surface area contributed by atoms with Gasteiger partial charge in [-0.1, -0.05) is 0 Å². The predicted octanol–water partition coefficient (Wildman–Crippen LogP) is 0.817. The van der Waals surface area contributed by atoms with E-state index in [1.54, 1.807) is 13.3 Å². The van der Waals surface area contributed by atoms with Crippen molar-refractivity contribution in [1.82, 2.24) is 10.3 Å². The molecule has 0 saturated carbocycles. The topological polar surface area (TPSA) is 56.5 Å². The molecule has 0 radical (unpaired) electrons. The van der Waals surface area contributed by atoms with E-state index in [0.29, 0.717) is 13.2 Å². The molecular formula is C10H18N2O3. The van der Waals surface area contributed by atoms with Crippen LogP contribution in [-0.2, 0) is 16.0 Å². The van der Waals surface area contributed by atoms with Gasteiger partial charge in [0.2, 0.25) is 0 Å². The minimum atomic E-state index is 0.658. The van der Waals surface area contributed by atoms with Crippen molar-refractivity contribution in [3.05, 3.63) is 18.4 Å². The molecule has 5 nitrogen and oxygen atoms in total. The second kappa shape index (κ2) is 8.40. The molecule has 1 rings (SSSR count). The fourth-order valence-corrected chi connectivity index (χ4v) is 1.08. The average Bonchev–Trinajstić information content (AvgIpc) is 2.75. The maximum absolute atomic E-state index is 5.31. The van der Waals surface area contributed by atoms with Gasteiger partial charge in [-0.25, -0.2) is 4.98 Å². The minimum Gasteiger partial charge on any atom is -0.447 e. The summed E-state index contributed by atoms with van der Waals surface area (Å²) in [5.41, 5.74) is 0. The molecule has 0 aliphatic heterocycles. The molecule has 0 unspecified atom stereocenters. The van der Waals surface area contributed by atoms with Gasteiger partial charge in [-0.05, 0) is 13.0 Å². The van der Waals surface area contributed by atoms with E-state index in [4.69, 9.17) is 13.9 Å². The quantitative estimate of drug-likeness (QED) is 0.617. The fraction of sp³-hybridized carbons (Fsp3) is 0.700. The summed E-state index contributed by atoms with van der Waals surface area (Å²) in [4.78, 5) is 3.83. The van der Waals surface area contributed by atoms with Gasteiger partial charge in [-0.15, -0.1) is 0 Å². The van der Waals surface area contributed by atoms with Crippen molar-refractivity contribution < 1.29 is 13.9 Å². The highest BCUT2D eigenvalue weighted by molar-refractivity contribution is 4.86. The molecule has 0 amide bonds. The van der Waals surface area contributed by atoms with Crippen molar-refractivity contribution >= 4 is 0 Å². The summed E-state index contributed by atoms with van der Waals surface area (Å²) in [6, 6.07) is 0. The lowest BCUT2D eigenvalue weighted by Gasteiger charge is -2.04. The van der Waals surface area contributed by atoms with Crippen molar-refractivity contribution in [2.45, 2.75) is 13.0 Å². The lowest BCUT2D eigenvalue weighted by molar-refractivity contribution is 0.0694. The van der Waals surface area contributed by atoms with Crippen LogP contribution < -0.4 is 5.32 Å². The van der Waals surface area contributed by atoms with E-state index in [0.717, 1.165) is 31.9 Å². The summed E-state index contributed by atoms with van der Waals surface area (Å²) in [6.07, 6.45) is 4.13. The number of aromatic nitrogens is 1. The highest BCUT2D eigenvalue weighted by Crippen LogP contribution is 1.94. The highest BCUT2D eigenvalue weighted by Gasteiger charge is 1.94. The Kier molecular flexibility index (Phi) is 6.81. The van der Waals surface area contributed by atoms with Crippen molar-refractivity contribution in [2.75, 3.05) is 33.5 Å². The van der Waals surface area contributed by atoms with E-state index in [1.807, 2.05) is 0 Å². The van der Waals surface area contributed by atoms with E-state index >= 15 is 0 Å². The summed E-state index contributed by atoms with van der Waals surface area (Å²) in [5, 5.41) is 3.23. The number of hydrogen-bond acceptors (Lipinski definition) is 5. The molecule has 0 fully saturated rings. The van der Waals surface area contributed by atoms with Crippen LogP contribution in [0.3, 0.4) is 0 Å². The van der Waals surface area contributed by atoms with Gasteiger partial charge in [-0.3, -0.25) is 0 Å². The third-order valence-corrected chi connectivity index (χ3v) is 1.86. The first-order valence-corrected chi connectivity index (χ1v) is 5.08. The first kappa shape index (κ1) is 12.2. The Morgan fingerprint density at radius 3 is 3.07 bits per heavy atom. The zero-order valence-electron chi connectivity index (χ0n) is 9.07. The number of ether oxygens (including phenoxy) is 2. The van der Waals surface area contributed by atoms with Crippen molar-refractivity contribution in [3.63, 3.8) is 0 Å². The number of oxazole rings is 1. The van der Waals surface area contributed by atoms with Crippen LogP contribution in [0.25, 0.3) is 0 Å². The Hall–Kier alpha value is -0.910. The van der Waals surface area contributed by atoms with E-state index < -0.39 is 0 Å². The molecular weight excluding hydrogens is 196 g/mol. The number of rotatable bonds is 9. The van der Waals surface area contributed by atoms with Gasteiger partial charge >= 0.3 is 0 Å². The van der Waals surface area contributed by atoms with E-state index in [1.165, 1.54) is 6.39 Å².